The highest BCUT2D eigenvalue weighted by Crippen LogP contribution is 2.37. The first kappa shape index (κ1) is 26.8. The first-order chi connectivity index (χ1) is 18.9. The number of thioether (sulfide) groups is 1. The van der Waals surface area contributed by atoms with Gasteiger partial charge in [-0.15, -0.1) is 0 Å². The van der Waals surface area contributed by atoms with E-state index in [4.69, 9.17) is 16.6 Å². The Bertz CT molecular complexity index is 1510. The zero-order valence-electron chi connectivity index (χ0n) is 21.9. The molecule has 1 amide bonds. The van der Waals surface area contributed by atoms with E-state index in [9.17, 15) is 14.9 Å². The van der Waals surface area contributed by atoms with Crippen LogP contribution in [0.5, 0.6) is 0 Å². The van der Waals surface area contributed by atoms with Gasteiger partial charge in [-0.05, 0) is 49.2 Å². The molecule has 3 aromatic rings. The van der Waals surface area contributed by atoms with Gasteiger partial charge in [-0.1, -0.05) is 49.1 Å². The quantitative estimate of drug-likeness (QED) is 0.303. The van der Waals surface area contributed by atoms with Crippen LogP contribution in [-0.2, 0) is 17.9 Å². The van der Waals surface area contributed by atoms with Crippen molar-refractivity contribution in [1.29, 1.82) is 5.26 Å². The molecule has 0 atom stereocenters. The number of rotatable bonds is 7. The number of amides is 1. The molecule has 1 aromatic carbocycles. The minimum Gasteiger partial charge on any atom is -0.467 e. The molecule has 0 bridgehead atoms. The van der Waals surface area contributed by atoms with Crippen molar-refractivity contribution in [2.24, 2.45) is 0 Å². The average Bonchev–Trinajstić information content (AvgIpc) is 3.56. The number of nitriles is 1. The number of hydrogen-bond donors (Lipinski definition) is 0. The van der Waals surface area contributed by atoms with Gasteiger partial charge < -0.3 is 14.2 Å². The van der Waals surface area contributed by atoms with E-state index >= 15 is 0 Å². The van der Waals surface area contributed by atoms with Gasteiger partial charge in [-0.3, -0.25) is 19.1 Å². The van der Waals surface area contributed by atoms with Crippen LogP contribution in [0.4, 0.5) is 11.5 Å². The average molecular weight is 560 g/mol. The number of anilines is 2. The maximum atomic E-state index is 13.5. The highest BCUT2D eigenvalue weighted by molar-refractivity contribution is 8.26. The number of thiocarbonyl (C=S) groups is 1. The molecule has 200 valence electrons. The van der Waals surface area contributed by atoms with Crippen molar-refractivity contribution in [2.45, 2.75) is 33.4 Å². The van der Waals surface area contributed by atoms with Crippen LogP contribution in [0.25, 0.3) is 6.08 Å². The third-order valence-electron chi connectivity index (χ3n) is 7.04. The number of aromatic nitrogens is 1. The largest absolute Gasteiger partial charge is 0.467 e. The van der Waals surface area contributed by atoms with Gasteiger partial charge in [0.25, 0.3) is 11.5 Å². The summed E-state index contributed by atoms with van der Waals surface area (Å²) in [5, 5.41) is 9.90. The van der Waals surface area contributed by atoms with E-state index in [1.54, 1.807) is 29.9 Å². The van der Waals surface area contributed by atoms with E-state index in [-0.39, 0.29) is 23.6 Å². The predicted octanol–water partition coefficient (Wildman–Crippen LogP) is 4.76. The number of carbonyl (C=O) groups excluding carboxylic acids is 1. The molecule has 39 heavy (non-hydrogen) atoms. The molecule has 2 saturated heterocycles. The minimum absolute atomic E-state index is 0.104. The summed E-state index contributed by atoms with van der Waals surface area (Å²) in [5.41, 5.74) is 2.27. The Labute approximate surface area is 237 Å². The molecule has 0 unspecified atom stereocenters. The van der Waals surface area contributed by atoms with Gasteiger partial charge >= 0.3 is 0 Å². The summed E-state index contributed by atoms with van der Waals surface area (Å²) in [5.74, 6) is 1.18. The van der Waals surface area contributed by atoms with Gasteiger partial charge in [-0.2, -0.15) is 5.26 Å². The highest BCUT2D eigenvalue weighted by atomic mass is 32.2. The van der Waals surface area contributed by atoms with Crippen LogP contribution in [0.15, 0.2) is 62.8 Å². The summed E-state index contributed by atoms with van der Waals surface area (Å²) >= 11 is 6.76. The van der Waals surface area contributed by atoms with Gasteiger partial charge in [0.05, 0.1) is 17.7 Å². The molecule has 8 nitrogen and oxygen atoms in total. The number of para-hydroxylation sites is 1. The lowest BCUT2D eigenvalue weighted by atomic mass is 10.0. The van der Waals surface area contributed by atoms with Crippen molar-refractivity contribution in [3.63, 3.8) is 0 Å². The third-order valence-corrected chi connectivity index (χ3v) is 8.42. The van der Waals surface area contributed by atoms with E-state index in [1.807, 2.05) is 31.2 Å². The predicted molar refractivity (Wildman–Crippen MR) is 159 cm³/mol. The Kier molecular flexibility index (Phi) is 7.91. The Morgan fingerprint density at radius 2 is 1.79 bits per heavy atom. The zero-order valence-corrected chi connectivity index (χ0v) is 23.6. The SMILES string of the molecule is CCCn1c(N2CCN(c3ccccc3)CC2)c(/C=C2\SC(=S)N(Cc3ccco3)C2=O)c(C)c(C#N)c1=O. The fourth-order valence-corrected chi connectivity index (χ4v) is 6.29. The summed E-state index contributed by atoms with van der Waals surface area (Å²) < 4.78 is 7.58. The van der Waals surface area contributed by atoms with Gasteiger partial charge in [0.15, 0.2) is 0 Å². The molecule has 2 aliphatic heterocycles. The monoisotopic (exact) mass is 559 g/mol. The van der Waals surface area contributed by atoms with E-state index in [0.29, 0.717) is 45.7 Å². The summed E-state index contributed by atoms with van der Waals surface area (Å²) in [4.78, 5) is 33.4. The Balaban J connectivity index is 1.55. The van der Waals surface area contributed by atoms with E-state index in [1.165, 1.54) is 22.3 Å². The van der Waals surface area contributed by atoms with Crippen molar-refractivity contribution in [3.05, 3.63) is 86.4 Å². The Morgan fingerprint density at radius 1 is 1.08 bits per heavy atom. The van der Waals surface area contributed by atoms with E-state index in [2.05, 4.69) is 28.0 Å². The molecule has 0 spiro atoms. The van der Waals surface area contributed by atoms with E-state index < -0.39 is 0 Å². The van der Waals surface area contributed by atoms with E-state index in [0.717, 1.165) is 25.3 Å². The summed E-state index contributed by atoms with van der Waals surface area (Å²) in [6, 6.07) is 16.0. The lowest BCUT2D eigenvalue weighted by Gasteiger charge is -2.39. The van der Waals surface area contributed by atoms with Gasteiger partial charge in [0.1, 0.15) is 27.5 Å². The molecule has 2 aliphatic rings. The van der Waals surface area contributed by atoms with Gasteiger partial charge in [0.2, 0.25) is 0 Å². The molecular weight excluding hydrogens is 530 g/mol. The second kappa shape index (κ2) is 11.5. The van der Waals surface area contributed by atoms with Gasteiger partial charge in [0, 0.05) is 44.0 Å². The first-order valence-electron chi connectivity index (χ1n) is 12.9. The Hall–Kier alpha value is -3.81. The van der Waals surface area contributed by atoms with Crippen molar-refractivity contribution < 1.29 is 9.21 Å². The van der Waals surface area contributed by atoms with Crippen LogP contribution in [0.2, 0.25) is 0 Å². The molecule has 0 radical (unpaired) electrons. The maximum absolute atomic E-state index is 13.5. The fraction of sp³-hybridized carbons (Fsp3) is 0.310. The van der Waals surface area contributed by atoms with Crippen molar-refractivity contribution in [3.8, 4) is 6.07 Å². The van der Waals surface area contributed by atoms with Crippen LogP contribution in [0, 0.1) is 18.3 Å². The number of hydrogen-bond acceptors (Lipinski definition) is 8. The van der Waals surface area contributed by atoms with Crippen molar-refractivity contribution in [2.75, 3.05) is 36.0 Å². The summed E-state index contributed by atoms with van der Waals surface area (Å²) in [7, 11) is 0. The molecular formula is C29H29N5O3S2. The minimum atomic E-state index is -0.292. The van der Waals surface area contributed by atoms with Gasteiger partial charge in [-0.25, -0.2) is 0 Å². The molecule has 2 fully saturated rings. The molecule has 4 heterocycles. The second-order valence-corrected chi connectivity index (χ2v) is 11.1. The smallest absolute Gasteiger partial charge is 0.270 e. The molecule has 0 saturated carbocycles. The fourth-order valence-electron chi connectivity index (χ4n) is 5.06. The Morgan fingerprint density at radius 3 is 2.44 bits per heavy atom. The number of nitrogens with zero attached hydrogens (tertiary/aromatic N) is 5. The van der Waals surface area contributed by atoms with Crippen molar-refractivity contribution in [1.82, 2.24) is 9.47 Å². The number of benzene rings is 1. The molecule has 10 heteroatoms. The zero-order chi connectivity index (χ0) is 27.5. The summed E-state index contributed by atoms with van der Waals surface area (Å²) in [6.45, 7) is 7.49. The standard InChI is InChI=1S/C29H29N5O3S2/c1-3-11-33-26(32-14-12-31(13-15-32)21-8-5-4-6-9-21)23(20(2)24(18-30)27(33)35)17-25-28(36)34(29(38)39-25)19-22-10-7-16-37-22/h4-10,16-17H,3,11-15,19H2,1-2H3/b25-17-. The van der Waals surface area contributed by atoms with Crippen LogP contribution in [0.1, 0.15) is 35.8 Å². The normalized spacial score (nSPS) is 16.8. The first-order valence-corrected chi connectivity index (χ1v) is 14.2. The maximum Gasteiger partial charge on any atom is 0.270 e. The van der Waals surface area contributed by atoms with Crippen LogP contribution in [0.3, 0.4) is 0 Å². The summed E-state index contributed by atoms with van der Waals surface area (Å²) in [6.07, 6.45) is 4.11. The van der Waals surface area contributed by atoms with Crippen LogP contribution >= 0.6 is 24.0 Å². The molecule has 0 N–H and O–H groups in total. The lowest BCUT2D eigenvalue weighted by molar-refractivity contribution is -0.122. The highest BCUT2D eigenvalue weighted by Gasteiger charge is 2.34. The van der Waals surface area contributed by atoms with Crippen LogP contribution < -0.4 is 15.4 Å². The molecule has 0 aliphatic carbocycles. The number of carbonyl (C=O) groups is 1. The second-order valence-electron chi connectivity index (χ2n) is 9.46. The van der Waals surface area contributed by atoms with Crippen molar-refractivity contribution >= 4 is 51.8 Å². The third kappa shape index (κ3) is 5.24. The number of pyridine rings is 1. The lowest BCUT2D eigenvalue weighted by Crippen LogP contribution is -2.48. The van der Waals surface area contributed by atoms with Crippen LogP contribution in [-0.4, -0.2) is 45.9 Å². The number of piperazine rings is 1. The molecule has 2 aromatic heterocycles. The molecule has 5 rings (SSSR count). The number of furan rings is 1. The topological polar surface area (TPSA) is 85.7 Å².